The largest absolute Gasteiger partial charge is 0.481 e. The van der Waals surface area contributed by atoms with E-state index in [1.807, 2.05) is 19.9 Å². The number of anilines is 1. The Bertz CT molecular complexity index is 576. The highest BCUT2D eigenvalue weighted by molar-refractivity contribution is 6.31. The van der Waals surface area contributed by atoms with E-state index in [1.54, 1.807) is 17.0 Å². The van der Waals surface area contributed by atoms with E-state index in [9.17, 15) is 14.7 Å². The Morgan fingerprint density at radius 2 is 2.19 bits per heavy atom. The topological polar surface area (TPSA) is 69.6 Å². The van der Waals surface area contributed by atoms with E-state index in [4.69, 9.17) is 11.6 Å². The first-order valence-corrected chi connectivity index (χ1v) is 7.31. The first-order chi connectivity index (χ1) is 9.88. The summed E-state index contributed by atoms with van der Waals surface area (Å²) < 4.78 is 0. The number of urea groups is 1. The highest BCUT2D eigenvalue weighted by Crippen LogP contribution is 2.34. The molecule has 0 bridgehead atoms. The van der Waals surface area contributed by atoms with E-state index in [2.05, 4.69) is 5.32 Å². The molecule has 1 aliphatic rings. The lowest BCUT2D eigenvalue weighted by atomic mass is 9.84. The summed E-state index contributed by atoms with van der Waals surface area (Å²) in [5.74, 6) is -0.835. The first-order valence-electron chi connectivity index (χ1n) is 6.93. The van der Waals surface area contributed by atoms with Gasteiger partial charge in [0, 0.05) is 23.8 Å². The Balaban J connectivity index is 2.05. The smallest absolute Gasteiger partial charge is 0.321 e. The molecule has 6 heteroatoms. The molecule has 1 aromatic rings. The van der Waals surface area contributed by atoms with Crippen LogP contribution in [0.15, 0.2) is 18.2 Å². The van der Waals surface area contributed by atoms with Crippen molar-refractivity contribution in [1.82, 2.24) is 4.90 Å². The van der Waals surface area contributed by atoms with Crippen molar-refractivity contribution in [2.24, 2.45) is 5.41 Å². The van der Waals surface area contributed by atoms with Gasteiger partial charge in [0.1, 0.15) is 0 Å². The van der Waals surface area contributed by atoms with Gasteiger partial charge in [0.15, 0.2) is 0 Å². The van der Waals surface area contributed by atoms with Crippen LogP contribution in [-0.2, 0) is 4.79 Å². The lowest BCUT2D eigenvalue weighted by Crippen LogP contribution is -2.38. The van der Waals surface area contributed by atoms with Crippen molar-refractivity contribution in [3.8, 4) is 0 Å². The van der Waals surface area contributed by atoms with Crippen LogP contribution < -0.4 is 5.32 Å². The highest BCUT2D eigenvalue weighted by Gasteiger charge is 2.44. The quantitative estimate of drug-likeness (QED) is 0.899. The van der Waals surface area contributed by atoms with Crippen LogP contribution in [0.4, 0.5) is 10.5 Å². The molecule has 21 heavy (non-hydrogen) atoms. The molecule has 2 rings (SSSR count). The molecule has 1 aliphatic heterocycles. The van der Waals surface area contributed by atoms with Gasteiger partial charge in [-0.15, -0.1) is 0 Å². The second-order valence-electron chi connectivity index (χ2n) is 5.50. The summed E-state index contributed by atoms with van der Waals surface area (Å²) in [7, 11) is 0. The molecule has 0 aliphatic carbocycles. The zero-order valence-corrected chi connectivity index (χ0v) is 12.9. The summed E-state index contributed by atoms with van der Waals surface area (Å²) >= 11 is 6.02. The number of hydrogen-bond donors (Lipinski definition) is 2. The number of carboxylic acid groups (broad SMARTS) is 1. The van der Waals surface area contributed by atoms with Gasteiger partial charge >= 0.3 is 12.0 Å². The van der Waals surface area contributed by atoms with Crippen molar-refractivity contribution in [2.75, 3.05) is 18.4 Å². The van der Waals surface area contributed by atoms with Gasteiger partial charge in [-0.3, -0.25) is 4.79 Å². The van der Waals surface area contributed by atoms with Crippen molar-refractivity contribution in [3.05, 3.63) is 28.8 Å². The third-order valence-corrected chi connectivity index (χ3v) is 4.60. The zero-order chi connectivity index (χ0) is 15.6. The van der Waals surface area contributed by atoms with E-state index < -0.39 is 11.4 Å². The van der Waals surface area contributed by atoms with Crippen molar-refractivity contribution < 1.29 is 14.7 Å². The minimum Gasteiger partial charge on any atom is -0.481 e. The fourth-order valence-electron chi connectivity index (χ4n) is 2.53. The van der Waals surface area contributed by atoms with Gasteiger partial charge in [0.25, 0.3) is 0 Å². The Hall–Kier alpha value is -1.75. The van der Waals surface area contributed by atoms with Crippen LogP contribution in [0.3, 0.4) is 0 Å². The van der Waals surface area contributed by atoms with E-state index in [0.717, 1.165) is 5.56 Å². The molecule has 1 aromatic carbocycles. The molecular weight excluding hydrogens is 292 g/mol. The maximum Gasteiger partial charge on any atom is 0.321 e. The highest BCUT2D eigenvalue weighted by atomic mass is 35.5. The lowest BCUT2D eigenvalue weighted by molar-refractivity contribution is -0.148. The van der Waals surface area contributed by atoms with E-state index in [-0.39, 0.29) is 12.6 Å². The molecule has 0 aromatic heterocycles. The average molecular weight is 311 g/mol. The predicted molar refractivity (Wildman–Crippen MR) is 81.8 cm³/mol. The molecule has 0 saturated carbocycles. The molecule has 1 heterocycles. The number of carboxylic acids is 1. The van der Waals surface area contributed by atoms with Crippen molar-refractivity contribution in [1.29, 1.82) is 0 Å². The molecular formula is C15H19ClN2O3. The van der Waals surface area contributed by atoms with Crippen LogP contribution >= 0.6 is 11.6 Å². The second kappa shape index (κ2) is 5.93. The summed E-state index contributed by atoms with van der Waals surface area (Å²) in [6.45, 7) is 4.42. The van der Waals surface area contributed by atoms with Gasteiger partial charge in [-0.05, 0) is 37.5 Å². The maximum atomic E-state index is 12.2. The number of hydrogen-bond acceptors (Lipinski definition) is 2. The van der Waals surface area contributed by atoms with E-state index in [0.29, 0.717) is 30.1 Å². The molecule has 2 amide bonds. The van der Waals surface area contributed by atoms with Crippen LogP contribution in [0, 0.1) is 12.3 Å². The third kappa shape index (κ3) is 3.13. The SMILES string of the molecule is CCC1(C(=O)O)CCN(C(=O)Nc2ccc(C)c(Cl)c2)C1. The minimum absolute atomic E-state index is 0.240. The number of nitrogens with zero attached hydrogens (tertiary/aromatic N) is 1. The molecule has 1 fully saturated rings. The number of halogens is 1. The molecule has 2 N–H and O–H groups in total. The van der Waals surface area contributed by atoms with Gasteiger partial charge in [-0.25, -0.2) is 4.79 Å². The van der Waals surface area contributed by atoms with Crippen molar-refractivity contribution in [2.45, 2.75) is 26.7 Å². The van der Waals surface area contributed by atoms with Crippen LogP contribution in [-0.4, -0.2) is 35.1 Å². The van der Waals surface area contributed by atoms with Crippen LogP contribution in [0.2, 0.25) is 5.02 Å². The molecule has 1 unspecified atom stereocenters. The molecule has 5 nitrogen and oxygen atoms in total. The monoisotopic (exact) mass is 310 g/mol. The van der Waals surface area contributed by atoms with Crippen LogP contribution in [0.5, 0.6) is 0 Å². The maximum absolute atomic E-state index is 12.2. The Morgan fingerprint density at radius 1 is 1.48 bits per heavy atom. The number of aryl methyl sites for hydroxylation is 1. The Morgan fingerprint density at radius 3 is 2.71 bits per heavy atom. The lowest BCUT2D eigenvalue weighted by Gasteiger charge is -2.23. The van der Waals surface area contributed by atoms with Gasteiger partial charge in [0.2, 0.25) is 0 Å². The first kappa shape index (κ1) is 15.6. The normalized spacial score (nSPS) is 21.4. The summed E-state index contributed by atoms with van der Waals surface area (Å²) in [6, 6.07) is 5.01. The van der Waals surface area contributed by atoms with Crippen molar-refractivity contribution in [3.63, 3.8) is 0 Å². The summed E-state index contributed by atoms with van der Waals surface area (Å²) in [4.78, 5) is 25.2. The number of aliphatic carboxylic acids is 1. The fraction of sp³-hybridized carbons (Fsp3) is 0.467. The summed E-state index contributed by atoms with van der Waals surface area (Å²) in [5.41, 5.74) is 0.731. The molecule has 114 valence electrons. The fourth-order valence-corrected chi connectivity index (χ4v) is 2.71. The van der Waals surface area contributed by atoms with Gasteiger partial charge < -0.3 is 15.3 Å². The third-order valence-electron chi connectivity index (χ3n) is 4.19. The van der Waals surface area contributed by atoms with Gasteiger partial charge in [-0.1, -0.05) is 24.6 Å². The molecule has 1 saturated heterocycles. The number of carbonyl (C=O) groups excluding carboxylic acids is 1. The number of carbonyl (C=O) groups is 2. The minimum atomic E-state index is -0.835. The van der Waals surface area contributed by atoms with Gasteiger partial charge in [-0.2, -0.15) is 0 Å². The van der Waals surface area contributed by atoms with Crippen LogP contribution in [0.25, 0.3) is 0 Å². The van der Waals surface area contributed by atoms with Gasteiger partial charge in [0.05, 0.1) is 5.41 Å². The summed E-state index contributed by atoms with van der Waals surface area (Å²) in [5, 5.41) is 12.7. The Labute approximate surface area is 128 Å². The average Bonchev–Trinajstić information content (AvgIpc) is 2.89. The number of likely N-dealkylation sites (tertiary alicyclic amines) is 1. The number of nitrogens with one attached hydrogen (secondary N) is 1. The second-order valence-corrected chi connectivity index (χ2v) is 5.91. The van der Waals surface area contributed by atoms with E-state index >= 15 is 0 Å². The van der Waals surface area contributed by atoms with Crippen LogP contribution in [0.1, 0.15) is 25.3 Å². The molecule has 0 spiro atoms. The predicted octanol–water partition coefficient (Wildman–Crippen LogP) is 3.37. The van der Waals surface area contributed by atoms with E-state index in [1.165, 1.54) is 0 Å². The zero-order valence-electron chi connectivity index (χ0n) is 12.1. The van der Waals surface area contributed by atoms with Crippen molar-refractivity contribution >= 4 is 29.3 Å². The number of benzene rings is 1. The molecule has 0 radical (unpaired) electrons. The Kier molecular flexibility index (Phi) is 4.42. The molecule has 1 atom stereocenters. The summed E-state index contributed by atoms with van der Waals surface area (Å²) in [6.07, 6.45) is 1.00. The number of rotatable bonds is 3. The number of amides is 2. The standard InChI is InChI=1S/C15H19ClN2O3/c1-3-15(13(19)20)6-7-18(9-15)14(21)17-11-5-4-10(2)12(16)8-11/h4-5,8H,3,6-7,9H2,1-2H3,(H,17,21)(H,19,20).